The fraction of sp³-hybridized carbons (Fsp3) is 0.889. The number of nitrogens with two attached hydrogens (primary N) is 1. The first kappa shape index (κ1) is 8.98. The minimum atomic E-state index is 0.705. The first-order chi connectivity index (χ1) is 5.29. The van der Waals surface area contributed by atoms with Crippen LogP contribution >= 0.6 is 12.2 Å². The summed E-state index contributed by atoms with van der Waals surface area (Å²) in [6, 6.07) is 0. The Morgan fingerprint density at radius 3 is 2.18 bits per heavy atom. The van der Waals surface area contributed by atoms with Gasteiger partial charge in [-0.2, -0.15) is 0 Å². The molecule has 1 fully saturated rings. The highest BCUT2D eigenvalue weighted by Gasteiger charge is 2.12. The quantitative estimate of drug-likeness (QED) is 0.510. The Balaban J connectivity index is 2.25. The van der Waals surface area contributed by atoms with Crippen molar-refractivity contribution in [2.24, 2.45) is 11.7 Å². The lowest BCUT2D eigenvalue weighted by molar-refractivity contribution is 0.477. The van der Waals surface area contributed by atoms with Crippen LogP contribution in [0.25, 0.3) is 0 Å². The summed E-state index contributed by atoms with van der Waals surface area (Å²) in [6.45, 7) is 0. The molecule has 1 aliphatic rings. The van der Waals surface area contributed by atoms with Gasteiger partial charge in [-0.1, -0.05) is 50.7 Å². The Hall–Kier alpha value is -0.110. The van der Waals surface area contributed by atoms with E-state index in [1.165, 1.54) is 38.5 Å². The number of hydrogen-bond donors (Lipinski definition) is 1. The average molecular weight is 171 g/mol. The second-order valence-electron chi connectivity index (χ2n) is 3.53. The molecule has 0 atom stereocenters. The standard InChI is InChI=1S/C9H17NS/c10-9(11)7-8-5-3-1-2-4-6-8/h8H,1-7H2,(H2,10,11). The van der Waals surface area contributed by atoms with E-state index >= 15 is 0 Å². The van der Waals surface area contributed by atoms with Crippen LogP contribution in [0.2, 0.25) is 0 Å². The van der Waals surface area contributed by atoms with E-state index < -0.39 is 0 Å². The van der Waals surface area contributed by atoms with E-state index in [9.17, 15) is 0 Å². The molecule has 1 rings (SSSR count). The zero-order valence-corrected chi connectivity index (χ0v) is 7.83. The summed E-state index contributed by atoms with van der Waals surface area (Å²) in [6.07, 6.45) is 9.26. The molecule has 0 unspecified atom stereocenters. The van der Waals surface area contributed by atoms with Crippen molar-refractivity contribution in [2.75, 3.05) is 0 Å². The third kappa shape index (κ3) is 3.71. The van der Waals surface area contributed by atoms with Crippen molar-refractivity contribution in [2.45, 2.75) is 44.9 Å². The van der Waals surface area contributed by atoms with Crippen molar-refractivity contribution in [1.29, 1.82) is 0 Å². The summed E-state index contributed by atoms with van der Waals surface area (Å²) in [5, 5.41) is 0. The highest BCUT2D eigenvalue weighted by molar-refractivity contribution is 7.80. The monoisotopic (exact) mass is 171 g/mol. The molecule has 11 heavy (non-hydrogen) atoms. The molecule has 0 aromatic carbocycles. The van der Waals surface area contributed by atoms with Gasteiger partial charge < -0.3 is 5.73 Å². The van der Waals surface area contributed by atoms with Crippen LogP contribution in [0.3, 0.4) is 0 Å². The first-order valence-corrected chi connectivity index (χ1v) is 4.98. The maximum Gasteiger partial charge on any atom is 0.0730 e. The van der Waals surface area contributed by atoms with E-state index in [2.05, 4.69) is 0 Å². The second kappa shape index (κ2) is 4.70. The van der Waals surface area contributed by atoms with E-state index in [1.54, 1.807) is 0 Å². The summed E-state index contributed by atoms with van der Waals surface area (Å²) in [4.78, 5) is 0.705. The van der Waals surface area contributed by atoms with Crippen LogP contribution in [0.15, 0.2) is 0 Å². The summed E-state index contributed by atoms with van der Waals surface area (Å²) in [7, 11) is 0. The molecule has 1 saturated carbocycles. The predicted octanol–water partition coefficient (Wildman–Crippen LogP) is 2.63. The van der Waals surface area contributed by atoms with Crippen LogP contribution in [-0.2, 0) is 0 Å². The van der Waals surface area contributed by atoms with Gasteiger partial charge >= 0.3 is 0 Å². The molecule has 0 aromatic heterocycles. The number of rotatable bonds is 2. The van der Waals surface area contributed by atoms with Gasteiger partial charge in [0.25, 0.3) is 0 Å². The van der Waals surface area contributed by atoms with E-state index in [-0.39, 0.29) is 0 Å². The Morgan fingerprint density at radius 2 is 1.73 bits per heavy atom. The zero-order chi connectivity index (χ0) is 8.10. The van der Waals surface area contributed by atoms with E-state index in [1.807, 2.05) is 0 Å². The molecule has 0 aromatic rings. The minimum absolute atomic E-state index is 0.705. The Labute approximate surface area is 74.4 Å². The van der Waals surface area contributed by atoms with Crippen LogP contribution in [0, 0.1) is 5.92 Å². The van der Waals surface area contributed by atoms with Crippen LogP contribution in [0.4, 0.5) is 0 Å². The maximum absolute atomic E-state index is 5.51. The summed E-state index contributed by atoms with van der Waals surface area (Å²) >= 11 is 4.90. The van der Waals surface area contributed by atoms with E-state index in [0.29, 0.717) is 4.99 Å². The molecular weight excluding hydrogens is 154 g/mol. The van der Waals surface area contributed by atoms with Gasteiger partial charge in [0.15, 0.2) is 0 Å². The SMILES string of the molecule is NC(=S)CC1CCCCCC1. The van der Waals surface area contributed by atoms with Crippen LogP contribution in [-0.4, -0.2) is 4.99 Å². The van der Waals surface area contributed by atoms with Crippen LogP contribution < -0.4 is 5.73 Å². The summed E-state index contributed by atoms with van der Waals surface area (Å²) in [5.41, 5.74) is 5.51. The third-order valence-corrected chi connectivity index (χ3v) is 2.63. The molecule has 0 bridgehead atoms. The molecule has 0 spiro atoms. The van der Waals surface area contributed by atoms with Crippen molar-refractivity contribution >= 4 is 17.2 Å². The Bertz CT molecular complexity index is 126. The highest BCUT2D eigenvalue weighted by atomic mass is 32.1. The van der Waals surface area contributed by atoms with Crippen LogP contribution in [0.1, 0.15) is 44.9 Å². The molecule has 0 radical (unpaired) electrons. The van der Waals surface area contributed by atoms with Crippen molar-refractivity contribution in [3.05, 3.63) is 0 Å². The molecule has 0 heterocycles. The molecule has 0 amide bonds. The Morgan fingerprint density at radius 1 is 1.18 bits per heavy atom. The summed E-state index contributed by atoms with van der Waals surface area (Å²) < 4.78 is 0. The Kier molecular flexibility index (Phi) is 3.84. The van der Waals surface area contributed by atoms with Crippen LogP contribution in [0.5, 0.6) is 0 Å². The van der Waals surface area contributed by atoms with Crippen molar-refractivity contribution in [3.63, 3.8) is 0 Å². The highest BCUT2D eigenvalue weighted by Crippen LogP contribution is 2.25. The van der Waals surface area contributed by atoms with Crippen molar-refractivity contribution in [3.8, 4) is 0 Å². The smallest absolute Gasteiger partial charge is 0.0730 e. The number of thiocarbonyl (C=S) groups is 1. The van der Waals surface area contributed by atoms with E-state index in [0.717, 1.165) is 12.3 Å². The van der Waals surface area contributed by atoms with Gasteiger partial charge in [-0.05, 0) is 5.92 Å². The molecule has 0 aliphatic heterocycles. The first-order valence-electron chi connectivity index (χ1n) is 4.57. The maximum atomic E-state index is 5.51. The molecule has 1 aliphatic carbocycles. The van der Waals surface area contributed by atoms with E-state index in [4.69, 9.17) is 18.0 Å². The lowest BCUT2D eigenvalue weighted by Crippen LogP contribution is -2.13. The van der Waals surface area contributed by atoms with Gasteiger partial charge in [-0.3, -0.25) is 0 Å². The second-order valence-corrected chi connectivity index (χ2v) is 4.05. The van der Waals surface area contributed by atoms with Gasteiger partial charge in [-0.15, -0.1) is 0 Å². The third-order valence-electron chi connectivity index (χ3n) is 2.46. The molecule has 2 N–H and O–H groups in total. The zero-order valence-electron chi connectivity index (χ0n) is 7.01. The lowest BCUT2D eigenvalue weighted by atomic mass is 9.97. The van der Waals surface area contributed by atoms with Gasteiger partial charge in [0, 0.05) is 6.42 Å². The fourth-order valence-electron chi connectivity index (χ4n) is 1.85. The molecular formula is C9H17NS. The van der Waals surface area contributed by atoms with Gasteiger partial charge in [-0.25, -0.2) is 0 Å². The predicted molar refractivity (Wildman–Crippen MR) is 52.6 cm³/mol. The van der Waals surface area contributed by atoms with Crippen molar-refractivity contribution < 1.29 is 0 Å². The molecule has 0 saturated heterocycles. The summed E-state index contributed by atoms with van der Waals surface area (Å²) in [5.74, 6) is 0.801. The van der Waals surface area contributed by atoms with Gasteiger partial charge in [0.1, 0.15) is 0 Å². The average Bonchev–Trinajstić information content (AvgIpc) is 2.14. The lowest BCUT2D eigenvalue weighted by Gasteiger charge is -2.11. The largest absolute Gasteiger partial charge is 0.393 e. The molecule has 2 heteroatoms. The molecule has 64 valence electrons. The number of hydrogen-bond acceptors (Lipinski definition) is 1. The molecule has 1 nitrogen and oxygen atoms in total. The normalized spacial score (nSPS) is 21.1. The van der Waals surface area contributed by atoms with Crippen molar-refractivity contribution in [1.82, 2.24) is 0 Å². The topological polar surface area (TPSA) is 26.0 Å². The fourth-order valence-corrected chi connectivity index (χ4v) is 2.09. The van der Waals surface area contributed by atoms with Gasteiger partial charge in [0.05, 0.1) is 4.99 Å². The van der Waals surface area contributed by atoms with Gasteiger partial charge in [0.2, 0.25) is 0 Å². The minimum Gasteiger partial charge on any atom is -0.393 e.